The number of nitrogens with one attached hydrogen (secondary N) is 1. The molecule has 0 bridgehead atoms. The van der Waals surface area contributed by atoms with Gasteiger partial charge in [0.25, 0.3) is 0 Å². The SMILES string of the molecule is CC(C)(C)[Si](C)(C)OCC[C@@H](NC(=O)Cc1ccc(F)cc1)C(N)=O. The molecule has 0 spiro atoms. The molecule has 0 saturated carbocycles. The van der Waals surface area contributed by atoms with Gasteiger partial charge in [0.1, 0.15) is 11.9 Å². The van der Waals surface area contributed by atoms with Crippen molar-refractivity contribution in [3.05, 3.63) is 35.6 Å². The lowest BCUT2D eigenvalue weighted by molar-refractivity contribution is -0.127. The normalized spacial score (nSPS) is 13.4. The molecule has 0 fully saturated rings. The lowest BCUT2D eigenvalue weighted by Crippen LogP contribution is -2.47. The summed E-state index contributed by atoms with van der Waals surface area (Å²) in [5, 5.41) is 2.70. The predicted octanol–water partition coefficient (Wildman–Crippen LogP) is 2.75. The highest BCUT2D eigenvalue weighted by molar-refractivity contribution is 6.74. The Hall–Kier alpha value is -1.73. The van der Waals surface area contributed by atoms with E-state index in [4.69, 9.17) is 10.2 Å². The van der Waals surface area contributed by atoms with Crippen LogP contribution in [-0.4, -0.2) is 32.8 Å². The third-order valence-electron chi connectivity index (χ3n) is 4.63. The zero-order chi connectivity index (χ0) is 19.3. The van der Waals surface area contributed by atoms with Crippen LogP contribution in [0.25, 0.3) is 0 Å². The molecule has 0 aliphatic rings. The number of benzene rings is 1. The summed E-state index contributed by atoms with van der Waals surface area (Å²) in [6, 6.07) is 4.88. The largest absolute Gasteiger partial charge is 0.417 e. The fourth-order valence-corrected chi connectivity index (χ4v) is 3.03. The van der Waals surface area contributed by atoms with Gasteiger partial charge in [-0.05, 0) is 42.2 Å². The Morgan fingerprint density at radius 2 is 1.80 bits per heavy atom. The van der Waals surface area contributed by atoms with Crippen molar-refractivity contribution in [2.24, 2.45) is 5.73 Å². The average molecular weight is 369 g/mol. The van der Waals surface area contributed by atoms with Gasteiger partial charge in [0.05, 0.1) is 6.42 Å². The highest BCUT2D eigenvalue weighted by atomic mass is 28.4. The molecule has 0 aliphatic carbocycles. The first-order valence-corrected chi connectivity index (χ1v) is 11.3. The van der Waals surface area contributed by atoms with Crippen molar-refractivity contribution in [2.45, 2.75) is 57.8 Å². The second-order valence-corrected chi connectivity index (χ2v) is 12.5. The summed E-state index contributed by atoms with van der Waals surface area (Å²) >= 11 is 0. The van der Waals surface area contributed by atoms with E-state index >= 15 is 0 Å². The van der Waals surface area contributed by atoms with Crippen molar-refractivity contribution >= 4 is 20.1 Å². The number of halogens is 1. The average Bonchev–Trinajstić information content (AvgIpc) is 2.47. The maximum absolute atomic E-state index is 12.9. The van der Waals surface area contributed by atoms with Crippen LogP contribution >= 0.6 is 0 Å². The molecule has 5 nitrogen and oxygen atoms in total. The van der Waals surface area contributed by atoms with Crippen LogP contribution in [0.3, 0.4) is 0 Å². The smallest absolute Gasteiger partial charge is 0.240 e. The van der Waals surface area contributed by atoms with Crippen LogP contribution in [0.4, 0.5) is 4.39 Å². The molecule has 2 amide bonds. The fourth-order valence-electron chi connectivity index (χ4n) is 1.97. The van der Waals surface area contributed by atoms with E-state index < -0.39 is 20.3 Å². The first-order valence-electron chi connectivity index (χ1n) is 8.39. The molecule has 7 heteroatoms. The molecule has 1 aromatic rings. The number of nitrogens with two attached hydrogens (primary N) is 1. The molecule has 1 atom stereocenters. The van der Waals surface area contributed by atoms with Crippen molar-refractivity contribution in [3.8, 4) is 0 Å². The lowest BCUT2D eigenvalue weighted by atomic mass is 10.1. The van der Waals surface area contributed by atoms with Gasteiger partial charge in [-0.2, -0.15) is 0 Å². The van der Waals surface area contributed by atoms with Gasteiger partial charge in [-0.15, -0.1) is 0 Å². The number of carbonyl (C=O) groups excluding carboxylic acids is 2. The minimum absolute atomic E-state index is 0.0627. The van der Waals surface area contributed by atoms with Crippen LogP contribution in [-0.2, 0) is 20.4 Å². The van der Waals surface area contributed by atoms with Gasteiger partial charge in [-0.1, -0.05) is 32.9 Å². The minimum Gasteiger partial charge on any atom is -0.417 e. The Kier molecular flexibility index (Phi) is 7.31. The molecule has 3 N–H and O–H groups in total. The molecule has 0 saturated heterocycles. The third-order valence-corrected chi connectivity index (χ3v) is 9.17. The third kappa shape index (κ3) is 6.95. The van der Waals surface area contributed by atoms with Gasteiger partial charge in [0.15, 0.2) is 8.32 Å². The molecular weight excluding hydrogens is 339 g/mol. The molecule has 0 unspecified atom stereocenters. The zero-order valence-electron chi connectivity index (χ0n) is 15.7. The Balaban J connectivity index is 2.55. The summed E-state index contributed by atoms with van der Waals surface area (Å²) in [4.78, 5) is 23.7. The summed E-state index contributed by atoms with van der Waals surface area (Å²) in [6.07, 6.45) is 0.393. The second-order valence-electron chi connectivity index (χ2n) is 7.72. The molecule has 0 aromatic heterocycles. The van der Waals surface area contributed by atoms with Crippen LogP contribution in [0, 0.1) is 5.82 Å². The first kappa shape index (κ1) is 21.3. The Bertz CT molecular complexity index is 597. The van der Waals surface area contributed by atoms with Gasteiger partial charge < -0.3 is 15.5 Å². The second kappa shape index (κ2) is 8.58. The van der Waals surface area contributed by atoms with Crippen molar-refractivity contribution in [3.63, 3.8) is 0 Å². The number of amides is 2. The summed E-state index contributed by atoms with van der Waals surface area (Å²) in [5.74, 6) is -1.28. The van der Waals surface area contributed by atoms with Crippen LogP contribution < -0.4 is 11.1 Å². The van der Waals surface area contributed by atoms with E-state index in [1.807, 2.05) is 0 Å². The molecule has 140 valence electrons. The van der Waals surface area contributed by atoms with E-state index in [2.05, 4.69) is 39.2 Å². The quantitative estimate of drug-likeness (QED) is 0.692. The Morgan fingerprint density at radius 1 is 1.24 bits per heavy atom. The minimum atomic E-state index is -1.91. The number of hydrogen-bond donors (Lipinski definition) is 2. The standard InChI is InChI=1S/C18H29FN2O3Si/c1-18(2,3)25(4,5)24-11-10-15(17(20)23)21-16(22)12-13-6-8-14(19)9-7-13/h6-9,15H,10-12H2,1-5H3,(H2,20,23)(H,21,22)/t15-/m1/s1. The topological polar surface area (TPSA) is 81.4 Å². The van der Waals surface area contributed by atoms with E-state index in [0.717, 1.165) is 0 Å². The fraction of sp³-hybridized carbons (Fsp3) is 0.556. The number of rotatable bonds is 8. The summed E-state index contributed by atoms with van der Waals surface area (Å²) < 4.78 is 18.9. The van der Waals surface area contributed by atoms with Crippen LogP contribution in [0.1, 0.15) is 32.8 Å². The van der Waals surface area contributed by atoms with Gasteiger partial charge in [-0.3, -0.25) is 9.59 Å². The Morgan fingerprint density at radius 3 is 2.28 bits per heavy atom. The molecule has 1 rings (SSSR count). The molecule has 0 radical (unpaired) electrons. The van der Waals surface area contributed by atoms with Crippen LogP contribution in [0.5, 0.6) is 0 Å². The van der Waals surface area contributed by atoms with E-state index in [-0.39, 0.29) is 23.2 Å². The van der Waals surface area contributed by atoms with Crippen molar-refractivity contribution in [1.29, 1.82) is 0 Å². The molecule has 1 aromatic carbocycles. The van der Waals surface area contributed by atoms with Crippen LogP contribution in [0.15, 0.2) is 24.3 Å². The summed E-state index contributed by atoms with van der Waals surface area (Å²) in [7, 11) is -1.91. The van der Waals surface area contributed by atoms with E-state index in [1.165, 1.54) is 24.3 Å². The highest BCUT2D eigenvalue weighted by Gasteiger charge is 2.37. The van der Waals surface area contributed by atoms with Crippen molar-refractivity contribution in [1.82, 2.24) is 5.32 Å². The van der Waals surface area contributed by atoms with Gasteiger partial charge >= 0.3 is 0 Å². The van der Waals surface area contributed by atoms with Gasteiger partial charge in [-0.25, -0.2) is 4.39 Å². The number of hydrogen-bond acceptors (Lipinski definition) is 3. The zero-order valence-corrected chi connectivity index (χ0v) is 16.7. The van der Waals surface area contributed by atoms with E-state index in [9.17, 15) is 14.0 Å². The Labute approximate surface area is 150 Å². The predicted molar refractivity (Wildman–Crippen MR) is 99.0 cm³/mol. The molecular formula is C18H29FN2O3Si. The molecule has 0 heterocycles. The molecule has 0 aliphatic heterocycles. The summed E-state index contributed by atoms with van der Waals surface area (Å²) in [6.45, 7) is 11.0. The van der Waals surface area contributed by atoms with Crippen molar-refractivity contribution in [2.75, 3.05) is 6.61 Å². The van der Waals surface area contributed by atoms with Gasteiger partial charge in [0, 0.05) is 6.61 Å². The maximum Gasteiger partial charge on any atom is 0.240 e. The van der Waals surface area contributed by atoms with E-state index in [1.54, 1.807) is 0 Å². The number of carbonyl (C=O) groups is 2. The van der Waals surface area contributed by atoms with E-state index in [0.29, 0.717) is 18.6 Å². The highest BCUT2D eigenvalue weighted by Crippen LogP contribution is 2.36. The summed E-state index contributed by atoms with van der Waals surface area (Å²) in [5.41, 5.74) is 6.05. The first-order chi connectivity index (χ1) is 11.4. The number of primary amides is 1. The molecule has 25 heavy (non-hydrogen) atoms. The van der Waals surface area contributed by atoms with Crippen molar-refractivity contribution < 1.29 is 18.4 Å². The monoisotopic (exact) mass is 368 g/mol. The van der Waals surface area contributed by atoms with Crippen LogP contribution in [0.2, 0.25) is 18.1 Å². The maximum atomic E-state index is 12.9. The lowest BCUT2D eigenvalue weighted by Gasteiger charge is -2.36. The van der Waals surface area contributed by atoms with Gasteiger partial charge in [0.2, 0.25) is 11.8 Å².